The lowest BCUT2D eigenvalue weighted by atomic mass is 10.4. The Kier molecular flexibility index (Phi) is 2.25. The number of hydrogen-bond donors (Lipinski definition) is 0. The lowest BCUT2D eigenvalue weighted by Crippen LogP contribution is -1.82. The van der Waals surface area contributed by atoms with Crippen LogP contribution in [0.2, 0.25) is 0 Å². The van der Waals surface area contributed by atoms with E-state index in [0.29, 0.717) is 0 Å². The van der Waals surface area contributed by atoms with Crippen LogP contribution in [0, 0.1) is 6.92 Å². The molecule has 0 aromatic rings. The normalized spacial score (nSPS) is 7.83. The highest BCUT2D eigenvalue weighted by molar-refractivity contribution is 4.59. The van der Waals surface area contributed by atoms with E-state index in [1.165, 1.54) is 0 Å². The number of rotatable bonds is 1. The number of nitrogens with zero attached hydrogens (tertiary/aromatic N) is 3. The fraction of sp³-hybridized carbons (Fsp3) is 0.667. The van der Waals surface area contributed by atoms with Crippen molar-refractivity contribution in [3.8, 4) is 0 Å². The van der Waals surface area contributed by atoms with Crippen LogP contribution >= 0.6 is 0 Å². The van der Waals surface area contributed by atoms with Crippen molar-refractivity contribution in [1.29, 1.82) is 0 Å². The van der Waals surface area contributed by atoms with E-state index in [1.807, 2.05) is 0 Å². The molecule has 0 unspecified atom stereocenters. The summed E-state index contributed by atoms with van der Waals surface area (Å²) in [5.74, 6) is 0. The second-order valence-electron chi connectivity index (χ2n) is 1.05. The van der Waals surface area contributed by atoms with Gasteiger partial charge in [0.25, 0.3) is 0 Å². The van der Waals surface area contributed by atoms with E-state index < -0.39 is 0 Å². The van der Waals surface area contributed by atoms with Gasteiger partial charge in [-0.25, -0.2) is 0 Å². The van der Waals surface area contributed by atoms with Crippen LogP contribution in [0.3, 0.4) is 0 Å². The van der Waals surface area contributed by atoms with Crippen molar-refractivity contribution in [3.05, 3.63) is 17.4 Å². The molecule has 0 spiro atoms. The average Bonchev–Trinajstić information content (AvgIpc) is 1.35. The van der Waals surface area contributed by atoms with Gasteiger partial charge in [0, 0.05) is 11.0 Å². The minimum atomic E-state index is -0.144. The van der Waals surface area contributed by atoms with Crippen LogP contribution in [0.4, 0.5) is 0 Å². The predicted octanol–water partition coefficient (Wildman–Crippen LogP) is 1.52. The second kappa shape index (κ2) is 2.54. The van der Waals surface area contributed by atoms with Gasteiger partial charge in [-0.1, -0.05) is 12.0 Å². The maximum absolute atomic E-state index is 7.66. The molecule has 3 heteroatoms. The van der Waals surface area contributed by atoms with E-state index in [4.69, 9.17) is 5.53 Å². The molecule has 1 radical (unpaired) electrons. The van der Waals surface area contributed by atoms with Gasteiger partial charge in [-0.2, -0.15) is 0 Å². The Morgan fingerprint density at radius 2 is 2.50 bits per heavy atom. The molecule has 0 bridgehead atoms. The van der Waals surface area contributed by atoms with Crippen molar-refractivity contribution in [2.75, 3.05) is 0 Å². The molecule has 0 amide bonds. The van der Waals surface area contributed by atoms with Gasteiger partial charge >= 0.3 is 0 Å². The molecule has 0 aliphatic rings. The minimum absolute atomic E-state index is 0.144. The molecule has 0 aromatic heterocycles. The van der Waals surface area contributed by atoms with Gasteiger partial charge in [0.2, 0.25) is 0 Å². The Bertz CT molecular complexity index is 70.1. The summed E-state index contributed by atoms with van der Waals surface area (Å²) >= 11 is 0. The molecule has 0 saturated carbocycles. The molecule has 33 valence electrons. The lowest BCUT2D eigenvalue weighted by molar-refractivity contribution is 0.908. The molecule has 0 saturated heterocycles. The van der Waals surface area contributed by atoms with Crippen molar-refractivity contribution in [3.63, 3.8) is 0 Å². The number of hydrogen-bond acceptors (Lipinski definition) is 1. The number of azide groups is 1. The minimum Gasteiger partial charge on any atom is -0.0909 e. The van der Waals surface area contributed by atoms with Crippen LogP contribution in [0.25, 0.3) is 10.4 Å². The van der Waals surface area contributed by atoms with Crippen LogP contribution in [0.15, 0.2) is 5.11 Å². The van der Waals surface area contributed by atoms with Crippen molar-refractivity contribution in [2.45, 2.75) is 13.0 Å². The first-order valence-electron chi connectivity index (χ1n) is 1.64. The summed E-state index contributed by atoms with van der Waals surface area (Å²) in [5, 5.41) is 3.19. The molecule has 0 N–H and O–H groups in total. The Labute approximate surface area is 36.6 Å². The molecule has 0 aliphatic heterocycles. The van der Waals surface area contributed by atoms with Crippen LogP contribution in [-0.4, -0.2) is 6.04 Å². The maximum atomic E-state index is 7.66. The summed E-state index contributed by atoms with van der Waals surface area (Å²) < 4.78 is 0. The molecular weight excluding hydrogens is 78.1 g/mol. The summed E-state index contributed by atoms with van der Waals surface area (Å²) in [5.41, 5.74) is 7.66. The third-order valence-corrected chi connectivity index (χ3v) is 0.249. The maximum Gasteiger partial charge on any atom is 0.0345 e. The van der Waals surface area contributed by atoms with Crippen molar-refractivity contribution < 1.29 is 0 Å². The molecular formula is C3H6N3. The summed E-state index contributed by atoms with van der Waals surface area (Å²) in [4.78, 5) is 2.50. The monoisotopic (exact) mass is 84.1 g/mol. The summed E-state index contributed by atoms with van der Waals surface area (Å²) in [7, 11) is 0. The van der Waals surface area contributed by atoms with Crippen molar-refractivity contribution in [1.82, 2.24) is 0 Å². The van der Waals surface area contributed by atoms with E-state index >= 15 is 0 Å². The molecule has 0 rings (SSSR count). The van der Waals surface area contributed by atoms with E-state index in [2.05, 4.69) is 16.9 Å². The molecule has 0 fully saturated rings. The third-order valence-electron chi connectivity index (χ3n) is 0.249. The third kappa shape index (κ3) is 3.31. The van der Waals surface area contributed by atoms with Crippen LogP contribution in [-0.2, 0) is 0 Å². The molecule has 0 heterocycles. The molecule has 0 aromatic carbocycles. The zero-order valence-corrected chi connectivity index (χ0v) is 3.63. The molecule has 3 nitrogen and oxygen atoms in total. The fourth-order valence-electron chi connectivity index (χ4n) is 0.0882. The van der Waals surface area contributed by atoms with Crippen LogP contribution in [0.1, 0.15) is 6.92 Å². The Balaban J connectivity index is 3.29. The molecule has 6 heavy (non-hydrogen) atoms. The summed E-state index contributed by atoms with van der Waals surface area (Å²) in [6.07, 6.45) is 0. The first-order valence-corrected chi connectivity index (χ1v) is 1.64. The SMILES string of the molecule is [CH2][C@H](C)N=[N+]=[N-]. The van der Waals surface area contributed by atoms with Gasteiger partial charge < -0.3 is 0 Å². The van der Waals surface area contributed by atoms with Crippen LogP contribution < -0.4 is 0 Å². The lowest BCUT2D eigenvalue weighted by Gasteiger charge is -1.81. The largest absolute Gasteiger partial charge is 0.0909 e. The highest BCUT2D eigenvalue weighted by atomic mass is 15.1. The standard InChI is InChI=1S/C3H6N3/c1-3(2)5-6-4/h3H,1H2,2H3/t3-/m1/s1. The topological polar surface area (TPSA) is 48.8 Å². The van der Waals surface area contributed by atoms with Crippen molar-refractivity contribution >= 4 is 0 Å². The molecule has 0 aliphatic carbocycles. The van der Waals surface area contributed by atoms with Gasteiger partial charge in [0.1, 0.15) is 0 Å². The first kappa shape index (κ1) is 5.31. The molecule has 1 atom stereocenters. The zero-order chi connectivity index (χ0) is 4.99. The highest BCUT2D eigenvalue weighted by Gasteiger charge is 1.78. The Morgan fingerprint density at radius 3 is 2.50 bits per heavy atom. The van der Waals surface area contributed by atoms with E-state index in [1.54, 1.807) is 6.92 Å². The first-order chi connectivity index (χ1) is 2.77. The Hall–Kier alpha value is -0.690. The van der Waals surface area contributed by atoms with Gasteiger partial charge in [0.15, 0.2) is 0 Å². The second-order valence-corrected chi connectivity index (χ2v) is 1.05. The predicted molar refractivity (Wildman–Crippen MR) is 24.0 cm³/mol. The zero-order valence-electron chi connectivity index (χ0n) is 3.63. The van der Waals surface area contributed by atoms with Gasteiger partial charge in [-0.3, -0.25) is 0 Å². The smallest absolute Gasteiger partial charge is 0.0345 e. The van der Waals surface area contributed by atoms with E-state index in [9.17, 15) is 0 Å². The van der Waals surface area contributed by atoms with E-state index in [0.717, 1.165) is 0 Å². The summed E-state index contributed by atoms with van der Waals surface area (Å²) in [6, 6.07) is -0.144. The highest BCUT2D eigenvalue weighted by Crippen LogP contribution is 1.81. The average molecular weight is 84.1 g/mol. The fourth-order valence-corrected chi connectivity index (χ4v) is 0.0882. The van der Waals surface area contributed by atoms with Gasteiger partial charge in [-0.15, -0.1) is 0 Å². The van der Waals surface area contributed by atoms with Crippen LogP contribution in [0.5, 0.6) is 0 Å². The quantitative estimate of drug-likeness (QED) is 0.263. The van der Waals surface area contributed by atoms with E-state index in [-0.39, 0.29) is 6.04 Å². The van der Waals surface area contributed by atoms with Gasteiger partial charge in [0.05, 0.1) is 0 Å². The summed E-state index contributed by atoms with van der Waals surface area (Å²) in [6.45, 7) is 5.13. The van der Waals surface area contributed by atoms with Crippen molar-refractivity contribution in [2.24, 2.45) is 5.11 Å². The Morgan fingerprint density at radius 1 is 2.00 bits per heavy atom. The van der Waals surface area contributed by atoms with Gasteiger partial charge in [-0.05, 0) is 12.5 Å².